The van der Waals surface area contributed by atoms with Crippen molar-refractivity contribution in [2.75, 3.05) is 64.1 Å². The molecule has 0 amide bonds. The molecule has 34 heavy (non-hydrogen) atoms. The molecule has 2 aliphatic rings. The molecular weight excluding hydrogens is 448 g/mol. The number of rotatable bonds is 6. The normalized spacial score (nSPS) is 17.9. The predicted octanol–water partition coefficient (Wildman–Crippen LogP) is 2.51. The van der Waals surface area contributed by atoms with Crippen LogP contribution in [-0.4, -0.2) is 84.5 Å². The average Bonchev–Trinajstić information content (AvgIpc) is 3.19. The van der Waals surface area contributed by atoms with Crippen molar-refractivity contribution in [3.8, 4) is 11.4 Å². The standard InChI is InChI=1S/C24H34N8OS/c1-16-19(15-30(2)31(3)18-6-8-26-9-7-18)34-22-21(16)28-23(17-4-5-20(25)27-14-17)29-24(22)32-10-12-33-13-11-32/h4-5,14,18,26H,6-13,15H2,1-3H3,(H2,25,27). The molecule has 0 unspecified atom stereocenters. The maximum atomic E-state index is 5.81. The summed E-state index contributed by atoms with van der Waals surface area (Å²) in [5, 5.41) is 8.22. The van der Waals surface area contributed by atoms with E-state index in [0.717, 1.165) is 54.3 Å². The first kappa shape index (κ1) is 23.4. The molecule has 9 nitrogen and oxygen atoms in total. The van der Waals surface area contributed by atoms with Crippen LogP contribution in [0.1, 0.15) is 23.3 Å². The van der Waals surface area contributed by atoms with Crippen molar-refractivity contribution in [2.24, 2.45) is 0 Å². The van der Waals surface area contributed by atoms with Crippen LogP contribution in [0.5, 0.6) is 0 Å². The van der Waals surface area contributed by atoms with E-state index in [1.165, 1.54) is 23.3 Å². The van der Waals surface area contributed by atoms with E-state index in [9.17, 15) is 0 Å². The number of hydrazine groups is 1. The van der Waals surface area contributed by atoms with Crippen molar-refractivity contribution in [1.29, 1.82) is 0 Å². The van der Waals surface area contributed by atoms with Crippen molar-refractivity contribution >= 4 is 33.2 Å². The number of thiophene rings is 1. The minimum Gasteiger partial charge on any atom is -0.384 e. The van der Waals surface area contributed by atoms with E-state index in [1.807, 2.05) is 17.4 Å². The predicted molar refractivity (Wildman–Crippen MR) is 138 cm³/mol. The van der Waals surface area contributed by atoms with E-state index in [2.05, 4.69) is 46.2 Å². The lowest BCUT2D eigenvalue weighted by Crippen LogP contribution is -2.48. The van der Waals surface area contributed by atoms with E-state index < -0.39 is 0 Å². The van der Waals surface area contributed by atoms with Crippen molar-refractivity contribution in [2.45, 2.75) is 32.4 Å². The molecule has 0 aliphatic carbocycles. The largest absolute Gasteiger partial charge is 0.384 e. The summed E-state index contributed by atoms with van der Waals surface area (Å²) >= 11 is 1.82. The fourth-order valence-corrected chi connectivity index (χ4v) is 6.01. The third kappa shape index (κ3) is 4.73. The van der Waals surface area contributed by atoms with E-state index >= 15 is 0 Å². The number of hydrogen-bond acceptors (Lipinski definition) is 10. The number of ether oxygens (including phenoxy) is 1. The van der Waals surface area contributed by atoms with Crippen LogP contribution in [0.15, 0.2) is 18.3 Å². The zero-order chi connectivity index (χ0) is 23.7. The Balaban J connectivity index is 1.51. The number of fused-ring (bicyclic) bond motifs is 1. The highest BCUT2D eigenvalue weighted by molar-refractivity contribution is 7.19. The Labute approximate surface area is 204 Å². The lowest BCUT2D eigenvalue weighted by Gasteiger charge is -2.37. The third-order valence-electron chi connectivity index (χ3n) is 6.95. The van der Waals surface area contributed by atoms with Gasteiger partial charge < -0.3 is 20.7 Å². The highest BCUT2D eigenvalue weighted by Crippen LogP contribution is 2.38. The minimum absolute atomic E-state index is 0.494. The summed E-state index contributed by atoms with van der Waals surface area (Å²) < 4.78 is 6.76. The van der Waals surface area contributed by atoms with Crippen molar-refractivity contribution < 1.29 is 4.74 Å². The average molecular weight is 483 g/mol. The van der Waals surface area contributed by atoms with Gasteiger partial charge in [0.2, 0.25) is 0 Å². The number of morpholine rings is 1. The summed E-state index contributed by atoms with van der Waals surface area (Å²) in [6.45, 7) is 8.31. The highest BCUT2D eigenvalue weighted by atomic mass is 32.1. The second kappa shape index (κ2) is 10.1. The molecule has 10 heteroatoms. The Morgan fingerprint density at radius 2 is 1.94 bits per heavy atom. The smallest absolute Gasteiger partial charge is 0.163 e. The Bertz CT molecular complexity index is 1120. The summed E-state index contributed by atoms with van der Waals surface area (Å²) in [4.78, 5) is 18.0. The van der Waals surface area contributed by atoms with Gasteiger partial charge in [-0.25, -0.2) is 25.0 Å². The number of nitrogen functional groups attached to an aromatic ring is 1. The maximum absolute atomic E-state index is 5.81. The second-order valence-corrected chi connectivity index (χ2v) is 10.2. The number of aryl methyl sites for hydroxylation is 1. The summed E-state index contributed by atoms with van der Waals surface area (Å²) in [5.74, 6) is 2.18. The van der Waals surface area contributed by atoms with Gasteiger partial charge in [0.05, 0.1) is 23.4 Å². The summed E-state index contributed by atoms with van der Waals surface area (Å²) in [7, 11) is 4.40. The SMILES string of the molecule is Cc1c(CN(C)N(C)C2CCNCC2)sc2c(N3CCOCC3)nc(-c3ccc(N)nc3)nc12. The first-order valence-corrected chi connectivity index (χ1v) is 12.8. The summed E-state index contributed by atoms with van der Waals surface area (Å²) in [5.41, 5.74) is 8.94. The summed E-state index contributed by atoms with van der Waals surface area (Å²) in [6, 6.07) is 4.32. The molecule has 0 aromatic carbocycles. The molecule has 2 saturated heterocycles. The molecule has 3 N–H and O–H groups in total. The number of nitrogens with two attached hydrogens (primary N) is 1. The van der Waals surface area contributed by atoms with Gasteiger partial charge in [0.1, 0.15) is 5.82 Å². The molecule has 3 aromatic heterocycles. The molecule has 182 valence electrons. The van der Waals surface area contributed by atoms with Crippen LogP contribution in [0.4, 0.5) is 11.6 Å². The van der Waals surface area contributed by atoms with Gasteiger partial charge in [0.25, 0.3) is 0 Å². The Morgan fingerprint density at radius 1 is 1.18 bits per heavy atom. The van der Waals surface area contributed by atoms with Crippen LogP contribution in [0.3, 0.4) is 0 Å². The number of piperidine rings is 1. The van der Waals surface area contributed by atoms with E-state index in [1.54, 1.807) is 12.3 Å². The topological polar surface area (TPSA) is 95.7 Å². The van der Waals surface area contributed by atoms with Gasteiger partial charge in [-0.3, -0.25) is 0 Å². The number of nitrogens with one attached hydrogen (secondary N) is 1. The second-order valence-electron chi connectivity index (χ2n) is 9.14. The van der Waals surface area contributed by atoms with Gasteiger partial charge in [0.15, 0.2) is 11.6 Å². The molecule has 0 spiro atoms. The van der Waals surface area contributed by atoms with Gasteiger partial charge in [-0.2, -0.15) is 0 Å². The molecule has 5 rings (SSSR count). The van der Waals surface area contributed by atoms with Crippen molar-refractivity contribution in [3.05, 3.63) is 28.8 Å². The van der Waals surface area contributed by atoms with E-state index in [4.69, 9.17) is 20.4 Å². The number of anilines is 2. The van der Waals surface area contributed by atoms with Crippen molar-refractivity contribution in [3.63, 3.8) is 0 Å². The molecule has 0 bridgehead atoms. The van der Waals surface area contributed by atoms with E-state index in [-0.39, 0.29) is 0 Å². The van der Waals surface area contributed by atoms with Crippen LogP contribution in [0, 0.1) is 6.92 Å². The van der Waals surface area contributed by atoms with Gasteiger partial charge in [-0.05, 0) is 50.6 Å². The van der Waals surface area contributed by atoms with Gasteiger partial charge >= 0.3 is 0 Å². The fraction of sp³-hybridized carbons (Fsp3) is 0.542. The molecule has 2 aliphatic heterocycles. The number of nitrogens with zero attached hydrogens (tertiary/aromatic N) is 6. The lowest BCUT2D eigenvalue weighted by molar-refractivity contribution is -0.0305. The molecule has 3 aromatic rings. The van der Waals surface area contributed by atoms with Crippen LogP contribution < -0.4 is 16.0 Å². The van der Waals surface area contributed by atoms with Gasteiger partial charge in [0, 0.05) is 56.4 Å². The molecule has 2 fully saturated rings. The zero-order valence-corrected chi connectivity index (χ0v) is 21.1. The van der Waals surface area contributed by atoms with Crippen LogP contribution >= 0.6 is 11.3 Å². The Hall–Kier alpha value is -2.37. The monoisotopic (exact) mass is 482 g/mol. The maximum Gasteiger partial charge on any atom is 0.163 e. The zero-order valence-electron chi connectivity index (χ0n) is 20.3. The molecule has 0 atom stereocenters. The quantitative estimate of drug-likeness (QED) is 0.514. The van der Waals surface area contributed by atoms with Gasteiger partial charge in [-0.1, -0.05) is 0 Å². The molecular formula is C24H34N8OS. The van der Waals surface area contributed by atoms with Crippen LogP contribution in [0.25, 0.3) is 21.6 Å². The number of pyridine rings is 1. The number of aromatic nitrogens is 3. The summed E-state index contributed by atoms with van der Waals surface area (Å²) in [6.07, 6.45) is 4.11. The fourth-order valence-electron chi connectivity index (χ4n) is 4.70. The molecule has 0 saturated carbocycles. The van der Waals surface area contributed by atoms with Crippen LogP contribution in [-0.2, 0) is 11.3 Å². The van der Waals surface area contributed by atoms with Gasteiger partial charge in [-0.15, -0.1) is 11.3 Å². The third-order valence-corrected chi connectivity index (χ3v) is 8.21. The van der Waals surface area contributed by atoms with Crippen LogP contribution in [0.2, 0.25) is 0 Å². The van der Waals surface area contributed by atoms with Crippen molar-refractivity contribution in [1.82, 2.24) is 30.3 Å². The Morgan fingerprint density at radius 3 is 2.65 bits per heavy atom. The molecule has 0 radical (unpaired) electrons. The first-order valence-electron chi connectivity index (χ1n) is 12.0. The number of hydrogen-bond donors (Lipinski definition) is 2. The Kier molecular flexibility index (Phi) is 6.94. The molecule has 5 heterocycles. The highest BCUT2D eigenvalue weighted by Gasteiger charge is 2.25. The minimum atomic E-state index is 0.494. The first-order chi connectivity index (χ1) is 16.5. The van der Waals surface area contributed by atoms with E-state index in [0.29, 0.717) is 30.9 Å². The lowest BCUT2D eigenvalue weighted by atomic mass is 10.1.